The number of hydrogen-bond donors (Lipinski definition) is 1. The fraction of sp³-hybridized carbons (Fsp3) is 0.500. The highest BCUT2D eigenvalue weighted by Gasteiger charge is 2.16. The number of nitrogens with zero attached hydrogens (tertiary/aromatic N) is 1. The van der Waals surface area contributed by atoms with Crippen molar-refractivity contribution in [3.63, 3.8) is 0 Å². The molecule has 2 rings (SSSR count). The van der Waals surface area contributed by atoms with Crippen molar-refractivity contribution >= 4 is 11.8 Å². The van der Waals surface area contributed by atoms with Gasteiger partial charge in [0.1, 0.15) is 6.61 Å². The maximum Gasteiger partial charge on any atom is 0.251 e. The molecule has 1 aromatic rings. The summed E-state index contributed by atoms with van der Waals surface area (Å²) in [5, 5.41) is 2.89. The zero-order chi connectivity index (χ0) is 18.8. The van der Waals surface area contributed by atoms with E-state index in [4.69, 9.17) is 9.47 Å². The Kier molecular flexibility index (Phi) is 7.99. The normalized spacial score (nSPS) is 14.5. The standard InChI is InChI=1S/C20H28N2O4/c1-3-14-26-17-10-9-16(15-18(17)25-2)20(24)21-11-7-13-22-12-6-4-5-8-19(22)23/h3,9-10,15H,1,4-8,11-14H2,2H3,(H,21,24). The molecule has 1 aromatic carbocycles. The Morgan fingerprint density at radius 3 is 2.92 bits per heavy atom. The van der Waals surface area contributed by atoms with Crippen LogP contribution in [0, 0.1) is 0 Å². The van der Waals surface area contributed by atoms with Crippen LogP contribution in [-0.2, 0) is 4.79 Å². The van der Waals surface area contributed by atoms with Gasteiger partial charge < -0.3 is 19.7 Å². The van der Waals surface area contributed by atoms with Crippen LogP contribution in [0.2, 0.25) is 0 Å². The number of amides is 2. The lowest BCUT2D eigenvalue weighted by Crippen LogP contribution is -2.34. The van der Waals surface area contributed by atoms with Gasteiger partial charge in [-0.1, -0.05) is 19.1 Å². The molecule has 0 radical (unpaired) electrons. The summed E-state index contributed by atoms with van der Waals surface area (Å²) in [5.41, 5.74) is 0.513. The van der Waals surface area contributed by atoms with E-state index in [9.17, 15) is 9.59 Å². The predicted molar refractivity (Wildman–Crippen MR) is 101 cm³/mol. The number of carbonyl (C=O) groups excluding carboxylic acids is 2. The van der Waals surface area contributed by atoms with E-state index in [0.717, 1.165) is 32.2 Å². The lowest BCUT2D eigenvalue weighted by atomic mass is 10.2. The highest BCUT2D eigenvalue weighted by molar-refractivity contribution is 5.94. The predicted octanol–water partition coefficient (Wildman–Crippen LogP) is 2.78. The summed E-state index contributed by atoms with van der Waals surface area (Å²) < 4.78 is 10.8. The average Bonchev–Trinajstić information content (AvgIpc) is 2.87. The van der Waals surface area contributed by atoms with Crippen LogP contribution in [0.5, 0.6) is 11.5 Å². The zero-order valence-corrected chi connectivity index (χ0v) is 15.5. The molecule has 142 valence electrons. The molecular weight excluding hydrogens is 332 g/mol. The van der Waals surface area contributed by atoms with E-state index < -0.39 is 0 Å². The Morgan fingerprint density at radius 2 is 2.15 bits per heavy atom. The Hall–Kier alpha value is -2.50. The van der Waals surface area contributed by atoms with Gasteiger partial charge in [-0.25, -0.2) is 0 Å². The second-order valence-electron chi connectivity index (χ2n) is 6.27. The first-order valence-electron chi connectivity index (χ1n) is 9.13. The highest BCUT2D eigenvalue weighted by atomic mass is 16.5. The third-order valence-electron chi connectivity index (χ3n) is 4.34. The average molecular weight is 360 g/mol. The first kappa shape index (κ1) is 19.8. The van der Waals surface area contributed by atoms with Crippen molar-refractivity contribution in [2.45, 2.75) is 32.1 Å². The van der Waals surface area contributed by atoms with E-state index in [0.29, 0.717) is 43.2 Å². The summed E-state index contributed by atoms with van der Waals surface area (Å²) in [5.74, 6) is 1.15. The van der Waals surface area contributed by atoms with Gasteiger partial charge >= 0.3 is 0 Å². The van der Waals surface area contributed by atoms with E-state index in [1.807, 2.05) is 4.90 Å². The quantitative estimate of drug-likeness (QED) is 0.543. The summed E-state index contributed by atoms with van der Waals surface area (Å²) in [6, 6.07) is 5.08. The van der Waals surface area contributed by atoms with Gasteiger partial charge in [0.2, 0.25) is 5.91 Å². The second kappa shape index (κ2) is 10.5. The molecule has 1 N–H and O–H groups in total. The van der Waals surface area contributed by atoms with Gasteiger partial charge in [-0.05, 0) is 37.5 Å². The largest absolute Gasteiger partial charge is 0.493 e. The van der Waals surface area contributed by atoms with Crippen LogP contribution in [-0.4, -0.2) is 50.1 Å². The van der Waals surface area contributed by atoms with Crippen LogP contribution in [0.15, 0.2) is 30.9 Å². The maximum atomic E-state index is 12.3. The van der Waals surface area contributed by atoms with Gasteiger partial charge in [0.05, 0.1) is 7.11 Å². The number of hydrogen-bond acceptors (Lipinski definition) is 4. The Labute approximate surface area is 155 Å². The molecule has 2 amide bonds. The van der Waals surface area contributed by atoms with Crippen molar-refractivity contribution in [3.8, 4) is 11.5 Å². The molecule has 26 heavy (non-hydrogen) atoms. The minimum atomic E-state index is -0.166. The molecular formula is C20H28N2O4. The Morgan fingerprint density at radius 1 is 1.31 bits per heavy atom. The topological polar surface area (TPSA) is 67.9 Å². The molecule has 0 unspecified atom stereocenters. The van der Waals surface area contributed by atoms with Gasteiger partial charge in [0, 0.05) is 31.6 Å². The third kappa shape index (κ3) is 5.79. The van der Waals surface area contributed by atoms with Crippen LogP contribution in [0.4, 0.5) is 0 Å². The molecule has 1 fully saturated rings. The lowest BCUT2D eigenvalue weighted by Gasteiger charge is -2.20. The van der Waals surface area contributed by atoms with Crippen LogP contribution in [0.1, 0.15) is 42.5 Å². The zero-order valence-electron chi connectivity index (χ0n) is 15.5. The van der Waals surface area contributed by atoms with Gasteiger partial charge in [0.25, 0.3) is 5.91 Å². The number of rotatable bonds is 9. The van der Waals surface area contributed by atoms with Gasteiger partial charge in [-0.2, -0.15) is 0 Å². The number of benzene rings is 1. The summed E-state index contributed by atoms with van der Waals surface area (Å²) in [4.78, 5) is 26.2. The van der Waals surface area contributed by atoms with Crippen LogP contribution in [0.3, 0.4) is 0 Å². The van der Waals surface area contributed by atoms with E-state index in [-0.39, 0.29) is 11.8 Å². The van der Waals surface area contributed by atoms with E-state index in [1.54, 1.807) is 24.3 Å². The fourth-order valence-corrected chi connectivity index (χ4v) is 2.93. The van der Waals surface area contributed by atoms with E-state index >= 15 is 0 Å². The van der Waals surface area contributed by atoms with Gasteiger partial charge in [-0.15, -0.1) is 0 Å². The molecule has 0 aromatic heterocycles. The number of nitrogens with one attached hydrogen (secondary N) is 1. The monoisotopic (exact) mass is 360 g/mol. The van der Waals surface area contributed by atoms with E-state index in [1.165, 1.54) is 7.11 Å². The minimum Gasteiger partial charge on any atom is -0.493 e. The third-order valence-corrected chi connectivity index (χ3v) is 4.34. The molecule has 0 bridgehead atoms. The number of carbonyl (C=O) groups is 2. The van der Waals surface area contributed by atoms with Crippen LogP contribution >= 0.6 is 0 Å². The summed E-state index contributed by atoms with van der Waals surface area (Å²) in [7, 11) is 1.54. The first-order valence-corrected chi connectivity index (χ1v) is 9.13. The van der Waals surface area contributed by atoms with Crippen molar-refractivity contribution in [2.24, 2.45) is 0 Å². The lowest BCUT2D eigenvalue weighted by molar-refractivity contribution is -0.130. The van der Waals surface area contributed by atoms with Gasteiger partial charge in [0.15, 0.2) is 11.5 Å². The Balaban J connectivity index is 1.81. The number of likely N-dealkylation sites (tertiary alicyclic amines) is 1. The van der Waals surface area contributed by atoms with Crippen LogP contribution in [0.25, 0.3) is 0 Å². The first-order chi connectivity index (χ1) is 12.7. The fourth-order valence-electron chi connectivity index (χ4n) is 2.93. The molecule has 0 atom stereocenters. The van der Waals surface area contributed by atoms with Crippen molar-refractivity contribution in [1.82, 2.24) is 10.2 Å². The summed E-state index contributed by atoms with van der Waals surface area (Å²) in [6.07, 6.45) is 6.21. The molecule has 1 aliphatic rings. The molecule has 0 spiro atoms. The highest BCUT2D eigenvalue weighted by Crippen LogP contribution is 2.28. The molecule has 6 heteroatoms. The maximum absolute atomic E-state index is 12.3. The summed E-state index contributed by atoms with van der Waals surface area (Å²) in [6.45, 7) is 6.03. The summed E-state index contributed by atoms with van der Waals surface area (Å²) >= 11 is 0. The SMILES string of the molecule is C=CCOc1ccc(C(=O)NCCCN2CCCCCC2=O)cc1OC. The van der Waals surface area contributed by atoms with Crippen molar-refractivity contribution in [1.29, 1.82) is 0 Å². The molecule has 6 nitrogen and oxygen atoms in total. The molecule has 1 aliphatic heterocycles. The van der Waals surface area contributed by atoms with Crippen molar-refractivity contribution < 1.29 is 19.1 Å². The molecule has 1 saturated heterocycles. The van der Waals surface area contributed by atoms with E-state index in [2.05, 4.69) is 11.9 Å². The minimum absolute atomic E-state index is 0.166. The van der Waals surface area contributed by atoms with Crippen LogP contribution < -0.4 is 14.8 Å². The number of ether oxygens (including phenoxy) is 2. The van der Waals surface area contributed by atoms with Crippen molar-refractivity contribution in [2.75, 3.05) is 33.4 Å². The molecule has 0 aliphatic carbocycles. The number of methoxy groups -OCH3 is 1. The van der Waals surface area contributed by atoms with Crippen molar-refractivity contribution in [3.05, 3.63) is 36.4 Å². The molecule has 0 saturated carbocycles. The Bertz CT molecular complexity index is 630. The smallest absolute Gasteiger partial charge is 0.251 e. The van der Waals surface area contributed by atoms with Gasteiger partial charge in [-0.3, -0.25) is 9.59 Å². The molecule has 1 heterocycles. The second-order valence-corrected chi connectivity index (χ2v) is 6.27.